The fraction of sp³-hybridized carbons (Fsp3) is 0.227. The predicted octanol–water partition coefficient (Wildman–Crippen LogP) is 4.87. The molecule has 2 atom stereocenters. The van der Waals surface area contributed by atoms with Gasteiger partial charge in [0.15, 0.2) is 0 Å². The number of carbonyl (C=O) groups excluding carboxylic acids is 1. The van der Waals surface area contributed by atoms with E-state index in [9.17, 15) is 4.79 Å². The molecule has 0 bridgehead atoms. The second kappa shape index (κ2) is 7.40. The van der Waals surface area contributed by atoms with Crippen molar-refractivity contribution >= 4 is 33.5 Å². The number of methoxy groups -OCH3 is 1. The van der Waals surface area contributed by atoms with Crippen molar-refractivity contribution in [3.05, 3.63) is 60.6 Å². The number of nitrogens with one attached hydrogen (secondary N) is 2. The van der Waals surface area contributed by atoms with Gasteiger partial charge in [0, 0.05) is 16.8 Å². The number of amides is 1. The molecule has 6 heteroatoms. The summed E-state index contributed by atoms with van der Waals surface area (Å²) in [5.41, 5.74) is 2.06. The first kappa shape index (κ1) is 18.1. The van der Waals surface area contributed by atoms with E-state index in [4.69, 9.17) is 13.6 Å². The Bertz CT molecular complexity index is 1110. The van der Waals surface area contributed by atoms with Crippen LogP contribution in [0, 0.1) is 0 Å². The molecule has 6 nitrogen and oxygen atoms in total. The summed E-state index contributed by atoms with van der Waals surface area (Å²) in [6, 6.07) is 14.7. The Morgan fingerprint density at radius 2 is 1.86 bits per heavy atom. The fourth-order valence-electron chi connectivity index (χ4n) is 3.33. The van der Waals surface area contributed by atoms with Crippen LogP contribution in [0.5, 0.6) is 5.75 Å². The van der Waals surface area contributed by atoms with E-state index in [1.54, 1.807) is 26.4 Å². The number of anilines is 1. The van der Waals surface area contributed by atoms with Crippen molar-refractivity contribution in [1.29, 1.82) is 0 Å². The standard InChI is InChI=1S/C22H22N2O4/c1-13(18-9-6-10-27-18)23-14(2)22(25)24-17-12-20-16(11-21(17)26-3)15-7-4-5-8-19(15)28-20/h4-14,23H,1-3H3,(H,24,25)/t13-,14-/m0/s1. The van der Waals surface area contributed by atoms with Crippen LogP contribution in [0.3, 0.4) is 0 Å². The average Bonchev–Trinajstić information content (AvgIpc) is 3.35. The smallest absolute Gasteiger partial charge is 0.241 e. The minimum absolute atomic E-state index is 0.0875. The van der Waals surface area contributed by atoms with Crippen molar-refractivity contribution < 1.29 is 18.4 Å². The number of benzene rings is 2. The summed E-state index contributed by atoms with van der Waals surface area (Å²) in [7, 11) is 1.58. The molecule has 0 aliphatic rings. The van der Waals surface area contributed by atoms with Crippen molar-refractivity contribution in [2.75, 3.05) is 12.4 Å². The highest BCUT2D eigenvalue weighted by molar-refractivity contribution is 6.08. The van der Waals surface area contributed by atoms with Gasteiger partial charge in [0.05, 0.1) is 31.1 Å². The van der Waals surface area contributed by atoms with Crippen LogP contribution in [0.25, 0.3) is 21.9 Å². The Hall–Kier alpha value is -3.25. The van der Waals surface area contributed by atoms with E-state index >= 15 is 0 Å². The molecule has 0 fully saturated rings. The molecule has 144 valence electrons. The lowest BCUT2D eigenvalue weighted by Gasteiger charge is -2.19. The van der Waals surface area contributed by atoms with E-state index in [1.165, 1.54) is 0 Å². The number of para-hydroxylation sites is 1. The van der Waals surface area contributed by atoms with Gasteiger partial charge < -0.3 is 18.9 Å². The minimum atomic E-state index is -0.434. The zero-order chi connectivity index (χ0) is 19.7. The second-order valence-electron chi connectivity index (χ2n) is 6.76. The summed E-state index contributed by atoms with van der Waals surface area (Å²) < 4.78 is 16.8. The topological polar surface area (TPSA) is 76.6 Å². The van der Waals surface area contributed by atoms with Gasteiger partial charge in [0.2, 0.25) is 5.91 Å². The highest BCUT2D eigenvalue weighted by Crippen LogP contribution is 2.36. The van der Waals surface area contributed by atoms with Gasteiger partial charge in [-0.3, -0.25) is 10.1 Å². The zero-order valence-electron chi connectivity index (χ0n) is 16.0. The monoisotopic (exact) mass is 378 g/mol. The predicted molar refractivity (Wildman–Crippen MR) is 109 cm³/mol. The number of hydrogen-bond acceptors (Lipinski definition) is 5. The van der Waals surface area contributed by atoms with E-state index in [0.717, 1.165) is 22.1 Å². The van der Waals surface area contributed by atoms with Gasteiger partial charge in [-0.05, 0) is 38.1 Å². The minimum Gasteiger partial charge on any atom is -0.495 e. The quantitative estimate of drug-likeness (QED) is 0.501. The average molecular weight is 378 g/mol. The molecule has 0 spiro atoms. The van der Waals surface area contributed by atoms with Gasteiger partial charge in [0.1, 0.15) is 22.7 Å². The van der Waals surface area contributed by atoms with Gasteiger partial charge in [-0.2, -0.15) is 0 Å². The van der Waals surface area contributed by atoms with Crippen LogP contribution in [-0.2, 0) is 4.79 Å². The summed E-state index contributed by atoms with van der Waals surface area (Å²) >= 11 is 0. The van der Waals surface area contributed by atoms with Crippen LogP contribution in [-0.4, -0.2) is 19.1 Å². The van der Waals surface area contributed by atoms with E-state index < -0.39 is 6.04 Å². The summed E-state index contributed by atoms with van der Waals surface area (Å²) in [5.74, 6) is 1.19. The first-order chi connectivity index (χ1) is 13.6. The van der Waals surface area contributed by atoms with Crippen LogP contribution in [0.2, 0.25) is 0 Å². The van der Waals surface area contributed by atoms with Crippen molar-refractivity contribution in [3.63, 3.8) is 0 Å². The number of ether oxygens (including phenoxy) is 1. The first-order valence-electron chi connectivity index (χ1n) is 9.16. The lowest BCUT2D eigenvalue weighted by atomic mass is 10.1. The second-order valence-corrected chi connectivity index (χ2v) is 6.76. The molecule has 0 aliphatic heterocycles. The van der Waals surface area contributed by atoms with Crippen LogP contribution < -0.4 is 15.4 Å². The molecule has 0 saturated heterocycles. The van der Waals surface area contributed by atoms with E-state index in [2.05, 4.69) is 10.6 Å². The maximum Gasteiger partial charge on any atom is 0.241 e. The van der Waals surface area contributed by atoms with Gasteiger partial charge in [0.25, 0.3) is 0 Å². The number of carbonyl (C=O) groups is 1. The third kappa shape index (κ3) is 3.34. The molecular weight excluding hydrogens is 356 g/mol. The van der Waals surface area contributed by atoms with Gasteiger partial charge in [-0.15, -0.1) is 0 Å². The molecule has 0 saturated carbocycles. The number of furan rings is 2. The number of fused-ring (bicyclic) bond motifs is 3. The molecule has 28 heavy (non-hydrogen) atoms. The van der Waals surface area contributed by atoms with E-state index in [0.29, 0.717) is 17.0 Å². The molecule has 0 aliphatic carbocycles. The molecule has 4 rings (SSSR count). The van der Waals surface area contributed by atoms with Crippen molar-refractivity contribution in [2.24, 2.45) is 0 Å². The van der Waals surface area contributed by atoms with E-state index in [-0.39, 0.29) is 11.9 Å². The molecule has 2 heterocycles. The normalized spacial score (nSPS) is 13.5. The maximum absolute atomic E-state index is 12.7. The third-order valence-corrected chi connectivity index (χ3v) is 4.82. The van der Waals surface area contributed by atoms with Crippen LogP contribution >= 0.6 is 0 Å². The van der Waals surface area contributed by atoms with Crippen LogP contribution in [0.4, 0.5) is 5.69 Å². The molecule has 2 aromatic heterocycles. The summed E-state index contributed by atoms with van der Waals surface area (Å²) in [6.45, 7) is 3.75. The molecule has 2 aromatic carbocycles. The molecule has 1 amide bonds. The Labute approximate surface area is 162 Å². The highest BCUT2D eigenvalue weighted by atomic mass is 16.5. The highest BCUT2D eigenvalue weighted by Gasteiger charge is 2.20. The Kier molecular flexibility index (Phi) is 4.79. The lowest BCUT2D eigenvalue weighted by Crippen LogP contribution is -2.39. The van der Waals surface area contributed by atoms with Crippen molar-refractivity contribution in [3.8, 4) is 5.75 Å². The molecule has 2 N–H and O–H groups in total. The third-order valence-electron chi connectivity index (χ3n) is 4.82. The summed E-state index contributed by atoms with van der Waals surface area (Å²) in [4.78, 5) is 12.7. The van der Waals surface area contributed by atoms with Gasteiger partial charge in [-0.1, -0.05) is 18.2 Å². The van der Waals surface area contributed by atoms with Gasteiger partial charge in [-0.25, -0.2) is 0 Å². The molecule has 0 unspecified atom stereocenters. The first-order valence-corrected chi connectivity index (χ1v) is 9.16. The molecule has 4 aromatic rings. The largest absolute Gasteiger partial charge is 0.495 e. The molecule has 0 radical (unpaired) electrons. The Balaban J connectivity index is 1.57. The van der Waals surface area contributed by atoms with Crippen molar-refractivity contribution in [2.45, 2.75) is 25.9 Å². The maximum atomic E-state index is 12.7. The van der Waals surface area contributed by atoms with Crippen LogP contribution in [0.15, 0.2) is 63.6 Å². The van der Waals surface area contributed by atoms with Gasteiger partial charge >= 0.3 is 0 Å². The molecular formula is C22H22N2O4. The summed E-state index contributed by atoms with van der Waals surface area (Å²) in [5, 5.41) is 8.12. The zero-order valence-corrected chi connectivity index (χ0v) is 16.0. The summed E-state index contributed by atoms with van der Waals surface area (Å²) in [6.07, 6.45) is 1.62. The Morgan fingerprint density at radius 1 is 1.04 bits per heavy atom. The lowest BCUT2D eigenvalue weighted by molar-refractivity contribution is -0.118. The van der Waals surface area contributed by atoms with Crippen LogP contribution in [0.1, 0.15) is 25.6 Å². The Morgan fingerprint density at radius 3 is 2.61 bits per heavy atom. The van der Waals surface area contributed by atoms with E-state index in [1.807, 2.05) is 49.4 Å². The SMILES string of the molecule is COc1cc2c(cc1NC(=O)[C@H](C)N[C@@H](C)c1ccco1)oc1ccccc12. The number of rotatable bonds is 6. The fourth-order valence-corrected chi connectivity index (χ4v) is 3.33. The number of hydrogen-bond donors (Lipinski definition) is 2. The van der Waals surface area contributed by atoms with Crippen molar-refractivity contribution in [1.82, 2.24) is 5.32 Å².